The molecule has 108 valence electrons. The molecule has 1 rings (SSSR count). The second-order valence-electron chi connectivity index (χ2n) is 4.70. The molecule has 0 spiro atoms. The van der Waals surface area contributed by atoms with Crippen LogP contribution in [-0.2, 0) is 6.18 Å². The third-order valence-electron chi connectivity index (χ3n) is 3.00. The van der Waals surface area contributed by atoms with Crippen molar-refractivity contribution in [3.63, 3.8) is 0 Å². The molecule has 0 saturated carbocycles. The van der Waals surface area contributed by atoms with Crippen LogP contribution in [0.5, 0.6) is 0 Å². The Morgan fingerprint density at radius 2 is 2.00 bits per heavy atom. The Morgan fingerprint density at radius 3 is 2.58 bits per heavy atom. The lowest BCUT2D eigenvalue weighted by Crippen LogP contribution is -2.29. The second kappa shape index (κ2) is 6.91. The lowest BCUT2D eigenvalue weighted by Gasteiger charge is -2.18. The second-order valence-corrected chi connectivity index (χ2v) is 4.70. The molecule has 0 saturated heterocycles. The summed E-state index contributed by atoms with van der Waals surface area (Å²) in [5, 5.41) is 12.6. The topological polar surface area (TPSA) is 32.3 Å². The van der Waals surface area contributed by atoms with Crippen LogP contribution in [0.3, 0.4) is 0 Å². The van der Waals surface area contributed by atoms with Crippen molar-refractivity contribution < 1.29 is 18.3 Å². The van der Waals surface area contributed by atoms with Gasteiger partial charge in [0.25, 0.3) is 0 Å². The summed E-state index contributed by atoms with van der Waals surface area (Å²) in [6.07, 6.45) is -3.22. The van der Waals surface area contributed by atoms with E-state index in [1.54, 1.807) is 13.0 Å². The lowest BCUT2D eigenvalue weighted by atomic mass is 10.0. The smallest absolute Gasteiger partial charge is 0.392 e. The minimum Gasteiger partial charge on any atom is -0.392 e. The van der Waals surface area contributed by atoms with Gasteiger partial charge in [-0.3, -0.25) is 0 Å². The van der Waals surface area contributed by atoms with E-state index >= 15 is 0 Å². The molecule has 0 aromatic heterocycles. The highest BCUT2D eigenvalue weighted by Gasteiger charge is 2.30. The summed E-state index contributed by atoms with van der Waals surface area (Å²) < 4.78 is 37.8. The van der Waals surface area contributed by atoms with Crippen molar-refractivity contribution in [3.05, 3.63) is 35.4 Å². The Kier molecular flexibility index (Phi) is 5.82. The minimum absolute atomic E-state index is 0.228. The fourth-order valence-electron chi connectivity index (χ4n) is 1.85. The molecular weight excluding hydrogens is 255 g/mol. The minimum atomic E-state index is -4.32. The first kappa shape index (κ1) is 16.0. The van der Waals surface area contributed by atoms with Gasteiger partial charge in [-0.25, -0.2) is 0 Å². The fourth-order valence-corrected chi connectivity index (χ4v) is 1.85. The molecule has 2 unspecified atom stereocenters. The summed E-state index contributed by atoms with van der Waals surface area (Å²) in [7, 11) is 0. The third kappa shape index (κ3) is 5.20. The first-order valence-corrected chi connectivity index (χ1v) is 6.43. The van der Waals surface area contributed by atoms with Crippen molar-refractivity contribution in [3.8, 4) is 0 Å². The number of benzene rings is 1. The maximum atomic E-state index is 12.6. The Labute approximate surface area is 111 Å². The van der Waals surface area contributed by atoms with Crippen LogP contribution in [0.1, 0.15) is 43.9 Å². The number of rotatable bonds is 6. The largest absolute Gasteiger partial charge is 0.416 e. The van der Waals surface area contributed by atoms with E-state index in [2.05, 4.69) is 5.32 Å². The number of alkyl halides is 3. The Morgan fingerprint density at radius 1 is 1.32 bits per heavy atom. The number of hydrogen-bond acceptors (Lipinski definition) is 2. The van der Waals surface area contributed by atoms with E-state index in [1.807, 2.05) is 6.92 Å². The summed E-state index contributed by atoms with van der Waals surface area (Å²) in [5.41, 5.74) is -0.0775. The number of aliphatic hydroxyl groups is 1. The molecule has 0 amide bonds. The fraction of sp³-hybridized carbons (Fsp3) is 0.571. The van der Waals surface area contributed by atoms with Crippen LogP contribution in [0.4, 0.5) is 13.2 Å². The van der Waals surface area contributed by atoms with E-state index in [9.17, 15) is 18.3 Å². The van der Waals surface area contributed by atoms with Crippen molar-refractivity contribution in [1.82, 2.24) is 5.32 Å². The molecule has 2 atom stereocenters. The Bertz CT molecular complexity index is 393. The van der Waals surface area contributed by atoms with Gasteiger partial charge in [-0.2, -0.15) is 13.2 Å². The molecule has 5 heteroatoms. The van der Waals surface area contributed by atoms with Gasteiger partial charge in [0.2, 0.25) is 0 Å². The molecule has 0 aliphatic heterocycles. The average molecular weight is 275 g/mol. The average Bonchev–Trinajstić information content (AvgIpc) is 2.35. The van der Waals surface area contributed by atoms with Gasteiger partial charge in [0.05, 0.1) is 11.7 Å². The van der Waals surface area contributed by atoms with Gasteiger partial charge >= 0.3 is 6.18 Å². The monoisotopic (exact) mass is 275 g/mol. The van der Waals surface area contributed by atoms with E-state index in [1.165, 1.54) is 6.07 Å². The lowest BCUT2D eigenvalue weighted by molar-refractivity contribution is -0.137. The van der Waals surface area contributed by atoms with Crippen molar-refractivity contribution in [2.24, 2.45) is 0 Å². The number of nitrogens with one attached hydrogen (secondary N) is 1. The highest BCUT2D eigenvalue weighted by Crippen LogP contribution is 2.30. The first-order valence-electron chi connectivity index (χ1n) is 6.43. The van der Waals surface area contributed by atoms with Crippen LogP contribution < -0.4 is 5.32 Å². The zero-order chi connectivity index (χ0) is 14.5. The third-order valence-corrected chi connectivity index (χ3v) is 3.00. The van der Waals surface area contributed by atoms with Gasteiger partial charge in [0.1, 0.15) is 0 Å². The van der Waals surface area contributed by atoms with Crippen LogP contribution in [0.15, 0.2) is 24.3 Å². The van der Waals surface area contributed by atoms with Gasteiger partial charge in [0.15, 0.2) is 0 Å². The number of halogens is 3. The van der Waals surface area contributed by atoms with E-state index in [-0.39, 0.29) is 6.04 Å². The standard InChI is InChI=1S/C14H20F3NO/c1-3-5-13(19)9-18-10(2)11-6-4-7-12(8-11)14(15,16)17/h4,6-8,10,13,18-19H,3,5,9H2,1-2H3. The molecule has 0 aliphatic rings. The van der Waals surface area contributed by atoms with Crippen LogP contribution in [0.25, 0.3) is 0 Å². The summed E-state index contributed by atoms with van der Waals surface area (Å²) in [6, 6.07) is 5.03. The zero-order valence-electron chi connectivity index (χ0n) is 11.2. The van der Waals surface area contributed by atoms with Crippen molar-refractivity contribution >= 4 is 0 Å². The quantitative estimate of drug-likeness (QED) is 0.832. The SMILES string of the molecule is CCCC(O)CNC(C)c1cccc(C(F)(F)F)c1. The zero-order valence-corrected chi connectivity index (χ0v) is 11.2. The molecule has 2 N–H and O–H groups in total. The van der Waals surface area contributed by atoms with E-state index in [4.69, 9.17) is 0 Å². The molecule has 1 aromatic carbocycles. The van der Waals surface area contributed by atoms with Gasteiger partial charge in [0, 0.05) is 12.6 Å². The molecule has 0 aliphatic carbocycles. The van der Waals surface area contributed by atoms with Gasteiger partial charge in [-0.15, -0.1) is 0 Å². The van der Waals surface area contributed by atoms with E-state index in [0.29, 0.717) is 18.5 Å². The van der Waals surface area contributed by atoms with Gasteiger partial charge in [-0.05, 0) is 31.0 Å². The van der Waals surface area contributed by atoms with Crippen LogP contribution in [0, 0.1) is 0 Å². The molecule has 0 heterocycles. The normalized spacial score (nSPS) is 15.3. The Balaban J connectivity index is 2.64. The van der Waals surface area contributed by atoms with E-state index < -0.39 is 17.8 Å². The summed E-state index contributed by atoms with van der Waals surface area (Å²) in [6.45, 7) is 4.14. The van der Waals surface area contributed by atoms with Gasteiger partial charge < -0.3 is 10.4 Å². The predicted octanol–water partition coefficient (Wildman–Crippen LogP) is 3.52. The summed E-state index contributed by atoms with van der Waals surface area (Å²) in [5.74, 6) is 0. The first-order chi connectivity index (χ1) is 8.84. The highest BCUT2D eigenvalue weighted by atomic mass is 19.4. The molecule has 2 nitrogen and oxygen atoms in total. The van der Waals surface area contributed by atoms with Crippen molar-refractivity contribution in [2.75, 3.05) is 6.54 Å². The van der Waals surface area contributed by atoms with Crippen LogP contribution in [0.2, 0.25) is 0 Å². The Hall–Kier alpha value is -1.07. The maximum absolute atomic E-state index is 12.6. The molecule has 19 heavy (non-hydrogen) atoms. The van der Waals surface area contributed by atoms with Crippen molar-refractivity contribution in [2.45, 2.75) is 45.0 Å². The number of aliphatic hydroxyl groups excluding tert-OH is 1. The maximum Gasteiger partial charge on any atom is 0.416 e. The molecule has 1 aromatic rings. The van der Waals surface area contributed by atoms with E-state index in [0.717, 1.165) is 18.6 Å². The van der Waals surface area contributed by atoms with Gasteiger partial charge in [-0.1, -0.05) is 25.5 Å². The summed E-state index contributed by atoms with van der Waals surface area (Å²) in [4.78, 5) is 0. The highest BCUT2D eigenvalue weighted by molar-refractivity contribution is 5.27. The van der Waals surface area contributed by atoms with Crippen molar-refractivity contribution in [1.29, 1.82) is 0 Å². The molecule has 0 radical (unpaired) electrons. The predicted molar refractivity (Wildman–Crippen MR) is 68.8 cm³/mol. The van der Waals surface area contributed by atoms with Crippen LogP contribution >= 0.6 is 0 Å². The molecular formula is C14H20F3NO. The molecule has 0 bridgehead atoms. The van der Waals surface area contributed by atoms with Crippen LogP contribution in [-0.4, -0.2) is 17.8 Å². The number of hydrogen-bond donors (Lipinski definition) is 2. The molecule has 0 fully saturated rings. The summed E-state index contributed by atoms with van der Waals surface area (Å²) >= 11 is 0.